The van der Waals surface area contributed by atoms with Crippen LogP contribution in [0.4, 0.5) is 4.39 Å². The van der Waals surface area contributed by atoms with Crippen LogP contribution in [0.1, 0.15) is 55.3 Å². The van der Waals surface area contributed by atoms with E-state index in [1.54, 1.807) is 11.6 Å². The maximum Gasteiger partial charge on any atom is 0.220 e. The third kappa shape index (κ3) is 3.37. The predicted octanol–water partition coefficient (Wildman–Crippen LogP) is 8.22. The molecule has 0 spiro atoms. The Morgan fingerprint density at radius 3 is 2.11 bits per heavy atom. The molecule has 4 fully saturated rings. The lowest BCUT2D eigenvalue weighted by Crippen LogP contribution is -2.48. The van der Waals surface area contributed by atoms with E-state index in [2.05, 4.69) is 48.9 Å². The molecule has 8 rings (SSSR count). The van der Waals surface area contributed by atoms with Crippen molar-refractivity contribution in [1.82, 2.24) is 0 Å². The molecule has 0 aliphatic heterocycles. The smallest absolute Gasteiger partial charge is 0.206 e. The minimum atomic E-state index is -0.161. The normalized spacial score (nSPS) is 26.6. The predicted molar refractivity (Wildman–Crippen MR) is 145 cm³/mol. The van der Waals surface area contributed by atoms with Crippen LogP contribution >= 0.6 is 0 Å². The molecule has 0 saturated heterocycles. The number of pyridine rings is 1. The second kappa shape index (κ2) is 8.00. The molecule has 0 atom stereocenters. The van der Waals surface area contributed by atoms with Crippen molar-refractivity contribution in [3.8, 4) is 22.4 Å². The van der Waals surface area contributed by atoms with Crippen LogP contribution in [0.2, 0.25) is 0 Å². The van der Waals surface area contributed by atoms with Crippen LogP contribution in [0.25, 0.3) is 33.2 Å². The molecule has 4 aliphatic carbocycles. The van der Waals surface area contributed by atoms with Gasteiger partial charge in [0.05, 0.1) is 10.9 Å². The summed E-state index contributed by atoms with van der Waals surface area (Å²) in [6.07, 6.45) is 8.57. The van der Waals surface area contributed by atoms with Crippen LogP contribution < -0.4 is 4.57 Å². The van der Waals surface area contributed by atoms with Gasteiger partial charge < -0.3 is 0 Å². The first-order valence-electron chi connectivity index (χ1n) is 13.7. The first-order valence-corrected chi connectivity index (χ1v) is 13.7. The summed E-state index contributed by atoms with van der Waals surface area (Å²) >= 11 is 0. The maximum absolute atomic E-state index is 15.1. The molecule has 4 aliphatic rings. The zero-order chi connectivity index (χ0) is 24.6. The molecule has 0 unspecified atom stereocenters. The standard InChI is InChI=1S/C34H35FN/c1-21-11-32(35)31(26-7-5-4-6-8-26)17-30(21)33-29-10-9-28(16-27(29)12-22(2)36(33)3)34-18-23-13-24(19-34)15-25(14-23)20-34/h4-12,16-17,23-25H,13-15,18-20H2,1-3H3/q+1. The van der Waals surface area contributed by atoms with Gasteiger partial charge in [-0.3, -0.25) is 0 Å². The topological polar surface area (TPSA) is 3.88 Å². The summed E-state index contributed by atoms with van der Waals surface area (Å²) in [5, 5.41) is 2.57. The highest BCUT2D eigenvalue weighted by Gasteiger charge is 2.51. The molecule has 36 heavy (non-hydrogen) atoms. The molecule has 4 aromatic rings. The molecule has 2 heteroatoms. The minimum absolute atomic E-state index is 0.161. The van der Waals surface area contributed by atoms with Crippen molar-refractivity contribution in [2.24, 2.45) is 24.8 Å². The zero-order valence-electron chi connectivity index (χ0n) is 21.7. The summed E-state index contributed by atoms with van der Waals surface area (Å²) in [7, 11) is 2.14. The fourth-order valence-electron chi connectivity index (χ4n) is 8.46. The highest BCUT2D eigenvalue weighted by molar-refractivity contribution is 5.95. The SMILES string of the molecule is Cc1cc(F)c(-c2ccccc2)cc1-c1c2ccc(C34CC5CC(CC(C5)C3)C4)cc2cc(C)[n+]1C. The summed E-state index contributed by atoms with van der Waals surface area (Å²) in [5.74, 6) is 2.66. The average molecular weight is 477 g/mol. The molecule has 4 saturated carbocycles. The first-order chi connectivity index (χ1) is 17.4. The molecule has 0 N–H and O–H groups in total. The Bertz CT molecular complexity index is 1460. The van der Waals surface area contributed by atoms with Gasteiger partial charge in [0.15, 0.2) is 5.69 Å². The van der Waals surface area contributed by atoms with Gasteiger partial charge in [0.2, 0.25) is 5.69 Å². The zero-order valence-corrected chi connectivity index (χ0v) is 21.7. The van der Waals surface area contributed by atoms with Gasteiger partial charge in [-0.15, -0.1) is 0 Å². The van der Waals surface area contributed by atoms with E-state index in [-0.39, 0.29) is 5.82 Å². The Labute approximate surface area is 214 Å². The summed E-state index contributed by atoms with van der Waals surface area (Å²) < 4.78 is 17.4. The summed E-state index contributed by atoms with van der Waals surface area (Å²) in [6.45, 7) is 4.22. The van der Waals surface area contributed by atoms with Gasteiger partial charge in [0, 0.05) is 18.6 Å². The number of fused-ring (bicyclic) bond motifs is 1. The quantitative estimate of drug-likeness (QED) is 0.262. The van der Waals surface area contributed by atoms with Crippen molar-refractivity contribution in [3.63, 3.8) is 0 Å². The van der Waals surface area contributed by atoms with E-state index in [4.69, 9.17) is 0 Å². The van der Waals surface area contributed by atoms with Gasteiger partial charge in [-0.1, -0.05) is 42.5 Å². The van der Waals surface area contributed by atoms with Crippen molar-refractivity contribution in [2.75, 3.05) is 0 Å². The summed E-state index contributed by atoms with van der Waals surface area (Å²) in [5.41, 5.74) is 8.02. The molecule has 1 nitrogen and oxygen atoms in total. The van der Waals surface area contributed by atoms with Crippen LogP contribution in [-0.2, 0) is 12.5 Å². The number of hydrogen-bond donors (Lipinski definition) is 0. The van der Waals surface area contributed by atoms with Crippen LogP contribution in [0.3, 0.4) is 0 Å². The van der Waals surface area contributed by atoms with Crippen molar-refractivity contribution < 1.29 is 8.96 Å². The monoisotopic (exact) mass is 476 g/mol. The number of hydrogen-bond acceptors (Lipinski definition) is 0. The largest absolute Gasteiger partial charge is 0.220 e. The van der Waals surface area contributed by atoms with Gasteiger partial charge in [-0.2, -0.15) is 4.57 Å². The molecule has 3 aromatic carbocycles. The fourth-order valence-corrected chi connectivity index (χ4v) is 8.46. The van der Waals surface area contributed by atoms with Crippen LogP contribution in [0.5, 0.6) is 0 Å². The van der Waals surface area contributed by atoms with Gasteiger partial charge in [-0.05, 0) is 109 Å². The second-order valence-corrected chi connectivity index (χ2v) is 12.2. The molecular formula is C34H35FN+. The van der Waals surface area contributed by atoms with E-state index in [0.717, 1.165) is 34.4 Å². The Hall–Kier alpha value is -3.00. The molecule has 1 aromatic heterocycles. The lowest BCUT2D eigenvalue weighted by atomic mass is 9.48. The number of nitrogens with zero attached hydrogens (tertiary/aromatic N) is 1. The van der Waals surface area contributed by atoms with Gasteiger partial charge in [0.25, 0.3) is 0 Å². The third-order valence-electron chi connectivity index (χ3n) is 9.84. The number of benzene rings is 3. The van der Waals surface area contributed by atoms with Gasteiger partial charge in [0.1, 0.15) is 12.9 Å². The number of aryl methyl sites for hydroxylation is 2. The van der Waals surface area contributed by atoms with Crippen molar-refractivity contribution in [2.45, 2.75) is 57.8 Å². The Balaban J connectivity index is 1.40. The number of rotatable bonds is 3. The van der Waals surface area contributed by atoms with E-state index in [1.165, 1.54) is 60.7 Å². The molecule has 182 valence electrons. The van der Waals surface area contributed by atoms with E-state index in [1.807, 2.05) is 37.3 Å². The van der Waals surface area contributed by atoms with E-state index in [0.29, 0.717) is 11.0 Å². The fraction of sp³-hybridized carbons (Fsp3) is 0.382. The van der Waals surface area contributed by atoms with Gasteiger partial charge >= 0.3 is 0 Å². The van der Waals surface area contributed by atoms with Crippen LogP contribution in [0.15, 0.2) is 66.7 Å². The first kappa shape index (κ1) is 22.2. The van der Waals surface area contributed by atoms with Crippen LogP contribution in [-0.4, -0.2) is 0 Å². The maximum atomic E-state index is 15.1. The van der Waals surface area contributed by atoms with Crippen molar-refractivity contribution in [3.05, 3.63) is 89.4 Å². The highest BCUT2D eigenvalue weighted by atomic mass is 19.1. The lowest BCUT2D eigenvalue weighted by molar-refractivity contribution is -0.665. The van der Waals surface area contributed by atoms with Gasteiger partial charge in [-0.25, -0.2) is 4.39 Å². The van der Waals surface area contributed by atoms with Crippen molar-refractivity contribution >= 4 is 10.8 Å². The highest BCUT2D eigenvalue weighted by Crippen LogP contribution is 2.61. The molecule has 4 bridgehead atoms. The van der Waals surface area contributed by atoms with Crippen LogP contribution in [0, 0.1) is 37.4 Å². The lowest BCUT2D eigenvalue weighted by Gasteiger charge is -2.57. The van der Waals surface area contributed by atoms with E-state index >= 15 is 4.39 Å². The Morgan fingerprint density at radius 2 is 1.44 bits per heavy atom. The molecule has 0 amide bonds. The third-order valence-corrected chi connectivity index (χ3v) is 9.84. The number of halogens is 1. The van der Waals surface area contributed by atoms with Crippen molar-refractivity contribution in [1.29, 1.82) is 0 Å². The molecule has 1 heterocycles. The molecule has 0 radical (unpaired) electrons. The van der Waals surface area contributed by atoms with E-state index in [9.17, 15) is 0 Å². The minimum Gasteiger partial charge on any atom is -0.206 e. The summed E-state index contributed by atoms with van der Waals surface area (Å²) in [6, 6.07) is 23.3. The Kier molecular flexibility index (Phi) is 4.94. The Morgan fingerprint density at radius 1 is 0.778 bits per heavy atom. The molecular weight excluding hydrogens is 441 g/mol. The van der Waals surface area contributed by atoms with E-state index < -0.39 is 0 Å². The number of aromatic nitrogens is 1. The second-order valence-electron chi connectivity index (χ2n) is 12.2. The summed E-state index contributed by atoms with van der Waals surface area (Å²) in [4.78, 5) is 0. The average Bonchev–Trinajstić information content (AvgIpc) is 2.85.